The summed E-state index contributed by atoms with van der Waals surface area (Å²) in [5.41, 5.74) is 2.15. The largest absolute Gasteiger partial charge is 0.497 e. The Hall–Kier alpha value is -3.06. The zero-order valence-corrected chi connectivity index (χ0v) is 17.0. The SMILES string of the molecule is COc1ccc(-c2nc(C(=O)N[C@H](C)c3cc(OC)ccc3OC)cs2)cc1. The van der Waals surface area contributed by atoms with Crippen molar-refractivity contribution in [1.82, 2.24) is 10.3 Å². The summed E-state index contributed by atoms with van der Waals surface area (Å²) in [5.74, 6) is 1.92. The fourth-order valence-corrected chi connectivity index (χ4v) is 3.58. The Balaban J connectivity index is 1.75. The van der Waals surface area contributed by atoms with Crippen LogP contribution in [0.15, 0.2) is 47.8 Å². The minimum absolute atomic E-state index is 0.242. The predicted octanol–water partition coefficient (Wildman–Crippen LogP) is 4.33. The summed E-state index contributed by atoms with van der Waals surface area (Å²) in [7, 11) is 4.82. The molecule has 0 fully saturated rings. The highest BCUT2D eigenvalue weighted by Gasteiger charge is 2.18. The van der Waals surface area contributed by atoms with Gasteiger partial charge in [0.1, 0.15) is 28.0 Å². The molecule has 0 bridgehead atoms. The Kier molecular flexibility index (Phi) is 6.16. The lowest BCUT2D eigenvalue weighted by atomic mass is 10.1. The van der Waals surface area contributed by atoms with Gasteiger partial charge in [0.2, 0.25) is 0 Å². The van der Waals surface area contributed by atoms with Crippen LogP contribution in [0.4, 0.5) is 0 Å². The molecule has 0 radical (unpaired) electrons. The molecule has 3 aromatic rings. The van der Waals surface area contributed by atoms with Gasteiger partial charge in [-0.25, -0.2) is 4.98 Å². The number of thiazole rings is 1. The Morgan fingerprint density at radius 2 is 1.68 bits per heavy atom. The first-order chi connectivity index (χ1) is 13.5. The van der Waals surface area contributed by atoms with Gasteiger partial charge >= 0.3 is 0 Å². The van der Waals surface area contributed by atoms with E-state index < -0.39 is 0 Å². The van der Waals surface area contributed by atoms with Gasteiger partial charge in [-0.3, -0.25) is 4.79 Å². The van der Waals surface area contributed by atoms with E-state index >= 15 is 0 Å². The van der Waals surface area contributed by atoms with Crippen LogP contribution in [0.1, 0.15) is 29.0 Å². The molecule has 1 atom stereocenters. The number of ether oxygens (including phenoxy) is 3. The van der Waals surface area contributed by atoms with E-state index in [0.29, 0.717) is 17.2 Å². The van der Waals surface area contributed by atoms with Crippen LogP contribution < -0.4 is 19.5 Å². The van der Waals surface area contributed by atoms with Gasteiger partial charge in [-0.2, -0.15) is 0 Å². The molecule has 1 amide bonds. The van der Waals surface area contributed by atoms with E-state index in [1.807, 2.05) is 49.4 Å². The van der Waals surface area contributed by atoms with Crippen molar-refractivity contribution in [2.75, 3.05) is 21.3 Å². The van der Waals surface area contributed by atoms with Crippen LogP contribution in [-0.2, 0) is 0 Å². The normalized spacial score (nSPS) is 11.6. The van der Waals surface area contributed by atoms with Gasteiger partial charge < -0.3 is 19.5 Å². The second-order valence-electron chi connectivity index (χ2n) is 6.07. The van der Waals surface area contributed by atoms with Gasteiger partial charge in [-0.05, 0) is 49.4 Å². The van der Waals surface area contributed by atoms with Crippen molar-refractivity contribution in [2.24, 2.45) is 0 Å². The molecular formula is C21H22N2O4S. The van der Waals surface area contributed by atoms with Crippen molar-refractivity contribution < 1.29 is 19.0 Å². The van der Waals surface area contributed by atoms with Crippen molar-refractivity contribution >= 4 is 17.2 Å². The maximum Gasteiger partial charge on any atom is 0.271 e. The van der Waals surface area contributed by atoms with E-state index in [1.165, 1.54) is 11.3 Å². The molecule has 7 heteroatoms. The number of amides is 1. The van der Waals surface area contributed by atoms with Gasteiger partial charge in [-0.1, -0.05) is 0 Å². The van der Waals surface area contributed by atoms with E-state index in [9.17, 15) is 4.79 Å². The van der Waals surface area contributed by atoms with Crippen LogP contribution in [-0.4, -0.2) is 32.2 Å². The first kappa shape index (κ1) is 19.7. The Morgan fingerprint density at radius 3 is 2.32 bits per heavy atom. The molecule has 1 aromatic heterocycles. The molecule has 0 aliphatic carbocycles. The first-order valence-electron chi connectivity index (χ1n) is 8.68. The average molecular weight is 398 g/mol. The molecule has 3 rings (SSSR count). The van der Waals surface area contributed by atoms with Crippen LogP contribution >= 0.6 is 11.3 Å². The van der Waals surface area contributed by atoms with E-state index in [4.69, 9.17) is 14.2 Å². The number of rotatable bonds is 7. The van der Waals surface area contributed by atoms with Crippen LogP contribution in [0.25, 0.3) is 10.6 Å². The van der Waals surface area contributed by atoms with E-state index in [1.54, 1.807) is 26.7 Å². The molecule has 0 aliphatic rings. The van der Waals surface area contributed by atoms with Crippen molar-refractivity contribution in [1.29, 1.82) is 0 Å². The number of nitrogens with one attached hydrogen (secondary N) is 1. The van der Waals surface area contributed by atoms with Crippen LogP contribution in [0, 0.1) is 0 Å². The van der Waals surface area contributed by atoms with Gasteiger partial charge in [0, 0.05) is 16.5 Å². The molecule has 0 saturated heterocycles. The summed E-state index contributed by atoms with van der Waals surface area (Å²) in [6.45, 7) is 1.89. The van der Waals surface area contributed by atoms with Crippen LogP contribution in [0.2, 0.25) is 0 Å². The lowest BCUT2D eigenvalue weighted by Gasteiger charge is -2.17. The molecular weight excluding hydrogens is 376 g/mol. The third-order valence-corrected chi connectivity index (χ3v) is 5.22. The highest BCUT2D eigenvalue weighted by molar-refractivity contribution is 7.13. The predicted molar refractivity (Wildman–Crippen MR) is 110 cm³/mol. The molecule has 1 N–H and O–H groups in total. The van der Waals surface area contributed by atoms with Gasteiger partial charge in [-0.15, -0.1) is 11.3 Å². The molecule has 6 nitrogen and oxygen atoms in total. The number of hydrogen-bond donors (Lipinski definition) is 1. The minimum Gasteiger partial charge on any atom is -0.497 e. The van der Waals surface area contributed by atoms with Crippen LogP contribution in [0.3, 0.4) is 0 Å². The number of carbonyl (C=O) groups excluding carboxylic acids is 1. The highest BCUT2D eigenvalue weighted by Crippen LogP contribution is 2.30. The van der Waals surface area contributed by atoms with Crippen molar-refractivity contribution in [3.8, 4) is 27.8 Å². The average Bonchev–Trinajstić information content (AvgIpc) is 3.23. The number of nitrogens with zero attached hydrogens (tertiary/aromatic N) is 1. The Bertz CT molecular complexity index is 953. The zero-order valence-electron chi connectivity index (χ0n) is 16.2. The van der Waals surface area contributed by atoms with Crippen LogP contribution in [0.5, 0.6) is 17.2 Å². The van der Waals surface area contributed by atoms with Crippen molar-refractivity contribution in [2.45, 2.75) is 13.0 Å². The van der Waals surface area contributed by atoms with E-state index in [-0.39, 0.29) is 11.9 Å². The number of hydrogen-bond acceptors (Lipinski definition) is 6. The van der Waals surface area contributed by atoms with E-state index in [2.05, 4.69) is 10.3 Å². The monoisotopic (exact) mass is 398 g/mol. The molecule has 0 saturated carbocycles. The standard InChI is InChI=1S/C21H22N2O4S/c1-13(17-11-16(26-3)9-10-19(17)27-4)22-20(24)18-12-28-21(23-18)14-5-7-15(25-2)8-6-14/h5-13H,1-4H3,(H,22,24)/t13-/m1/s1. The molecule has 0 aliphatic heterocycles. The summed E-state index contributed by atoms with van der Waals surface area (Å²) in [6, 6.07) is 12.8. The summed E-state index contributed by atoms with van der Waals surface area (Å²) in [5, 5.41) is 5.50. The minimum atomic E-state index is -0.274. The molecule has 1 heterocycles. The topological polar surface area (TPSA) is 69.7 Å². The summed E-state index contributed by atoms with van der Waals surface area (Å²) in [6.07, 6.45) is 0. The Labute approximate surface area is 168 Å². The maximum absolute atomic E-state index is 12.7. The molecule has 28 heavy (non-hydrogen) atoms. The summed E-state index contributed by atoms with van der Waals surface area (Å²) >= 11 is 1.42. The maximum atomic E-state index is 12.7. The summed E-state index contributed by atoms with van der Waals surface area (Å²) in [4.78, 5) is 17.1. The lowest BCUT2D eigenvalue weighted by molar-refractivity contribution is 0.0935. The molecule has 146 valence electrons. The first-order valence-corrected chi connectivity index (χ1v) is 9.56. The van der Waals surface area contributed by atoms with Crippen molar-refractivity contribution in [3.63, 3.8) is 0 Å². The number of methoxy groups -OCH3 is 3. The third-order valence-electron chi connectivity index (χ3n) is 4.32. The fraction of sp³-hybridized carbons (Fsp3) is 0.238. The summed E-state index contributed by atoms with van der Waals surface area (Å²) < 4.78 is 15.8. The number of carbonyl (C=O) groups is 1. The zero-order chi connectivity index (χ0) is 20.1. The van der Waals surface area contributed by atoms with Gasteiger partial charge in [0.05, 0.1) is 27.4 Å². The van der Waals surface area contributed by atoms with Gasteiger partial charge in [0.15, 0.2) is 0 Å². The fourth-order valence-electron chi connectivity index (χ4n) is 2.77. The van der Waals surface area contributed by atoms with Gasteiger partial charge in [0.25, 0.3) is 5.91 Å². The quantitative estimate of drug-likeness (QED) is 0.642. The second-order valence-corrected chi connectivity index (χ2v) is 6.93. The smallest absolute Gasteiger partial charge is 0.271 e. The lowest BCUT2D eigenvalue weighted by Crippen LogP contribution is -2.27. The molecule has 0 unspecified atom stereocenters. The van der Waals surface area contributed by atoms with Crippen molar-refractivity contribution in [3.05, 3.63) is 59.1 Å². The second kappa shape index (κ2) is 8.75. The molecule has 2 aromatic carbocycles. The Morgan fingerprint density at radius 1 is 1.00 bits per heavy atom. The molecule has 0 spiro atoms. The third kappa shape index (κ3) is 4.26. The van der Waals surface area contributed by atoms with E-state index in [0.717, 1.165) is 21.9 Å². The number of aromatic nitrogens is 1. The number of benzene rings is 2. The highest BCUT2D eigenvalue weighted by atomic mass is 32.1.